The number of primary amides is 1. The van der Waals surface area contributed by atoms with Gasteiger partial charge in [-0.3, -0.25) is 15.2 Å². The van der Waals surface area contributed by atoms with Crippen molar-refractivity contribution < 1.29 is 18.3 Å². The van der Waals surface area contributed by atoms with Crippen LogP contribution in [-0.2, 0) is 20.4 Å². The number of aliphatic hydroxyl groups is 1. The molecule has 1 aliphatic heterocycles. The van der Waals surface area contributed by atoms with Crippen LogP contribution in [0.2, 0.25) is 10.0 Å². The standard InChI is InChI=1S/C25H25Cl2N5O4S/c26-18-8-6-17(7-9-18)25(22(15-33)23(28)34)21(16-4-2-1-3-5-16)14-32(31-25)24(29)30-37(35,36)20-12-10-19(27)11-13-20/h1-13,21-22,31,33H,14-15H2,(H2,28,34)(H2,29,30)/t21-,22+,25?/m0/s1. The molecule has 1 amide bonds. The Morgan fingerprint density at radius 1 is 1.08 bits per heavy atom. The van der Waals surface area contributed by atoms with Crippen LogP contribution in [-0.4, -0.2) is 43.6 Å². The van der Waals surface area contributed by atoms with Gasteiger partial charge in [-0.2, -0.15) is 0 Å². The molecule has 3 atom stereocenters. The van der Waals surface area contributed by atoms with Crippen LogP contribution in [0.1, 0.15) is 17.0 Å². The zero-order valence-corrected chi connectivity index (χ0v) is 21.8. The summed E-state index contributed by atoms with van der Waals surface area (Å²) < 4.78 is 28.2. The molecule has 3 aromatic carbocycles. The van der Waals surface area contributed by atoms with E-state index in [2.05, 4.69) is 10.1 Å². The third kappa shape index (κ3) is 5.29. The van der Waals surface area contributed by atoms with Crippen molar-refractivity contribution in [2.24, 2.45) is 11.7 Å². The normalized spacial score (nSPS) is 20.4. The van der Waals surface area contributed by atoms with Gasteiger partial charge >= 0.3 is 0 Å². The molecule has 1 saturated heterocycles. The van der Waals surface area contributed by atoms with Crippen LogP contribution >= 0.6 is 23.2 Å². The van der Waals surface area contributed by atoms with Crippen molar-refractivity contribution in [1.82, 2.24) is 15.2 Å². The largest absolute Gasteiger partial charge is 0.395 e. The maximum atomic E-state index is 13.0. The lowest BCUT2D eigenvalue weighted by Crippen LogP contribution is -2.58. The van der Waals surface area contributed by atoms with Gasteiger partial charge in [0.2, 0.25) is 11.9 Å². The summed E-state index contributed by atoms with van der Waals surface area (Å²) in [7, 11) is -4.12. The van der Waals surface area contributed by atoms with Crippen LogP contribution < -0.4 is 15.9 Å². The number of rotatable bonds is 7. The highest BCUT2D eigenvalue weighted by Gasteiger charge is 2.56. The summed E-state index contributed by atoms with van der Waals surface area (Å²) in [6.45, 7) is -0.510. The summed E-state index contributed by atoms with van der Waals surface area (Å²) in [6.07, 6.45) is 0. The van der Waals surface area contributed by atoms with Crippen LogP contribution in [0, 0.1) is 11.3 Å². The van der Waals surface area contributed by atoms with Gasteiger partial charge in [0.05, 0.1) is 23.0 Å². The molecular weight excluding hydrogens is 537 g/mol. The Morgan fingerprint density at radius 2 is 1.65 bits per heavy atom. The van der Waals surface area contributed by atoms with Crippen molar-refractivity contribution in [2.45, 2.75) is 16.4 Å². The van der Waals surface area contributed by atoms with Gasteiger partial charge in [-0.05, 0) is 47.5 Å². The SMILES string of the molecule is N=C(NS(=O)(=O)c1ccc(Cl)cc1)N1C[C@@H](c2ccccc2)C(c2ccc(Cl)cc2)([C@H](CO)C(N)=O)N1. The van der Waals surface area contributed by atoms with Crippen molar-refractivity contribution in [3.05, 3.63) is 100 Å². The van der Waals surface area contributed by atoms with Gasteiger partial charge in [0, 0.05) is 22.5 Å². The molecular formula is C25H25Cl2N5O4S. The van der Waals surface area contributed by atoms with E-state index in [9.17, 15) is 18.3 Å². The van der Waals surface area contributed by atoms with E-state index in [1.807, 2.05) is 30.3 Å². The molecule has 1 heterocycles. The fourth-order valence-corrected chi connectivity index (χ4v) is 5.93. The monoisotopic (exact) mass is 561 g/mol. The Balaban J connectivity index is 1.79. The number of carbonyl (C=O) groups is 1. The number of hydrogen-bond acceptors (Lipinski definition) is 6. The van der Waals surface area contributed by atoms with Crippen molar-refractivity contribution in [3.63, 3.8) is 0 Å². The molecule has 6 N–H and O–H groups in total. The number of guanidine groups is 1. The fourth-order valence-electron chi connectivity index (χ4n) is 4.70. The topological polar surface area (TPSA) is 149 Å². The van der Waals surface area contributed by atoms with Crippen LogP contribution in [0.25, 0.3) is 0 Å². The van der Waals surface area contributed by atoms with Crippen LogP contribution in [0.3, 0.4) is 0 Å². The third-order valence-corrected chi connectivity index (χ3v) is 8.32. The molecule has 194 valence electrons. The van der Waals surface area contributed by atoms with Crippen molar-refractivity contribution in [3.8, 4) is 0 Å². The second-order valence-corrected chi connectivity index (χ2v) is 11.2. The van der Waals surface area contributed by atoms with Crippen molar-refractivity contribution in [2.75, 3.05) is 13.2 Å². The van der Waals surface area contributed by atoms with E-state index in [1.165, 1.54) is 29.3 Å². The predicted octanol–water partition coefficient (Wildman–Crippen LogP) is 2.80. The summed E-state index contributed by atoms with van der Waals surface area (Å²) in [5.41, 5.74) is 8.98. The lowest BCUT2D eigenvalue weighted by Gasteiger charge is -2.40. The van der Waals surface area contributed by atoms with Gasteiger partial charge < -0.3 is 10.8 Å². The molecule has 3 aromatic rings. The molecule has 1 aliphatic rings. The Morgan fingerprint density at radius 3 is 2.19 bits per heavy atom. The minimum Gasteiger partial charge on any atom is -0.395 e. The molecule has 1 fully saturated rings. The molecule has 0 aromatic heterocycles. The number of carbonyl (C=O) groups excluding carboxylic acids is 1. The van der Waals surface area contributed by atoms with E-state index < -0.39 is 45.9 Å². The zero-order valence-electron chi connectivity index (χ0n) is 19.4. The molecule has 4 rings (SSSR count). The summed E-state index contributed by atoms with van der Waals surface area (Å²) in [5, 5.41) is 21.1. The quantitative estimate of drug-likeness (QED) is 0.221. The van der Waals surface area contributed by atoms with E-state index in [0.29, 0.717) is 15.6 Å². The van der Waals surface area contributed by atoms with Crippen molar-refractivity contribution >= 4 is 45.1 Å². The van der Waals surface area contributed by atoms with Gasteiger partial charge in [-0.15, -0.1) is 0 Å². The van der Waals surface area contributed by atoms with Gasteiger partial charge in [-0.25, -0.2) is 18.6 Å². The number of sulfonamides is 1. The third-order valence-electron chi connectivity index (χ3n) is 6.46. The Bertz CT molecular complexity index is 1390. The van der Waals surface area contributed by atoms with Crippen LogP contribution in [0.15, 0.2) is 83.8 Å². The summed E-state index contributed by atoms with van der Waals surface area (Å²) in [5.74, 6) is -2.90. The fraction of sp³-hybridized carbons (Fsp3) is 0.200. The maximum Gasteiger partial charge on any atom is 0.264 e. The van der Waals surface area contributed by atoms with E-state index in [-0.39, 0.29) is 11.4 Å². The maximum absolute atomic E-state index is 13.0. The number of nitrogens with two attached hydrogens (primary N) is 1. The first-order valence-corrected chi connectivity index (χ1v) is 13.5. The summed E-state index contributed by atoms with van der Waals surface area (Å²) in [4.78, 5) is 12.6. The molecule has 0 spiro atoms. The number of nitrogens with one attached hydrogen (secondary N) is 3. The van der Waals surface area contributed by atoms with E-state index in [1.54, 1.807) is 24.3 Å². The van der Waals surface area contributed by atoms with Crippen molar-refractivity contribution in [1.29, 1.82) is 5.41 Å². The first-order valence-electron chi connectivity index (χ1n) is 11.2. The lowest BCUT2D eigenvalue weighted by molar-refractivity contribution is -0.126. The molecule has 37 heavy (non-hydrogen) atoms. The summed E-state index contributed by atoms with van der Waals surface area (Å²) >= 11 is 12.0. The number of benzene rings is 3. The van der Waals surface area contributed by atoms with Gasteiger partial charge in [-0.1, -0.05) is 65.7 Å². The first-order chi connectivity index (χ1) is 17.6. The van der Waals surface area contributed by atoms with E-state index in [4.69, 9.17) is 34.3 Å². The lowest BCUT2D eigenvalue weighted by atomic mass is 9.68. The highest BCUT2D eigenvalue weighted by Crippen LogP contribution is 2.47. The molecule has 0 bridgehead atoms. The molecule has 0 radical (unpaired) electrons. The number of nitrogens with zero attached hydrogens (tertiary/aromatic N) is 1. The molecule has 0 saturated carbocycles. The van der Waals surface area contributed by atoms with Gasteiger partial charge in [0.25, 0.3) is 10.0 Å². The summed E-state index contributed by atoms with van der Waals surface area (Å²) in [6, 6.07) is 21.5. The molecule has 1 unspecified atom stereocenters. The van der Waals surface area contributed by atoms with Crippen LogP contribution in [0.5, 0.6) is 0 Å². The first kappa shape index (κ1) is 26.9. The Hall–Kier alpha value is -3.15. The smallest absolute Gasteiger partial charge is 0.264 e. The number of halogens is 2. The molecule has 12 heteroatoms. The van der Waals surface area contributed by atoms with E-state index in [0.717, 1.165) is 5.56 Å². The van der Waals surface area contributed by atoms with E-state index >= 15 is 0 Å². The second-order valence-electron chi connectivity index (χ2n) is 8.61. The average Bonchev–Trinajstić information content (AvgIpc) is 3.27. The predicted molar refractivity (Wildman–Crippen MR) is 141 cm³/mol. The highest BCUT2D eigenvalue weighted by atomic mass is 35.5. The number of hydrogen-bond donors (Lipinski definition) is 5. The molecule has 9 nitrogen and oxygen atoms in total. The number of aliphatic hydroxyl groups excluding tert-OH is 1. The number of amides is 1. The highest BCUT2D eigenvalue weighted by molar-refractivity contribution is 7.90. The van der Waals surface area contributed by atoms with Gasteiger partial charge in [0.1, 0.15) is 0 Å². The molecule has 0 aliphatic carbocycles. The zero-order chi connectivity index (χ0) is 26.8. The average molecular weight is 562 g/mol. The van der Waals surface area contributed by atoms with Gasteiger partial charge in [0.15, 0.2) is 0 Å². The second kappa shape index (κ2) is 10.7. The Kier molecular flexibility index (Phi) is 7.77. The number of hydrazine groups is 1. The minimum absolute atomic E-state index is 0.0743. The minimum atomic E-state index is -4.12. The Labute approximate surface area is 224 Å². The van der Waals surface area contributed by atoms with Crippen LogP contribution in [0.4, 0.5) is 0 Å².